The van der Waals surface area contributed by atoms with Crippen LogP contribution in [0.25, 0.3) is 11.5 Å². The van der Waals surface area contributed by atoms with E-state index in [4.69, 9.17) is 9.26 Å². The van der Waals surface area contributed by atoms with Gasteiger partial charge in [0.15, 0.2) is 0 Å². The van der Waals surface area contributed by atoms with Crippen LogP contribution in [0, 0.1) is 6.92 Å². The van der Waals surface area contributed by atoms with Gasteiger partial charge >= 0.3 is 0 Å². The summed E-state index contributed by atoms with van der Waals surface area (Å²) >= 11 is 0. The summed E-state index contributed by atoms with van der Waals surface area (Å²) < 4.78 is 10.8. The van der Waals surface area contributed by atoms with E-state index in [-0.39, 0.29) is 0 Å². The van der Waals surface area contributed by atoms with Crippen LogP contribution in [0.2, 0.25) is 0 Å². The van der Waals surface area contributed by atoms with Crippen molar-refractivity contribution in [2.75, 3.05) is 25.1 Å². The van der Waals surface area contributed by atoms with Crippen LogP contribution in [0.4, 0.5) is 5.82 Å². The highest BCUT2D eigenvalue weighted by Crippen LogP contribution is 2.25. The molecule has 8 nitrogen and oxygen atoms in total. The Morgan fingerprint density at radius 2 is 2.19 bits per heavy atom. The Morgan fingerprint density at radius 3 is 3.00 bits per heavy atom. The SMILES string of the molecule is Cc1nc(NCCc2nc(-c3ccccn3)no2)cc([C@H]2CCOC2)n1. The lowest BCUT2D eigenvalue weighted by molar-refractivity contribution is 0.193. The first-order chi connectivity index (χ1) is 12.8. The summed E-state index contributed by atoms with van der Waals surface area (Å²) in [6.45, 7) is 4.07. The van der Waals surface area contributed by atoms with E-state index < -0.39 is 0 Å². The van der Waals surface area contributed by atoms with Crippen LogP contribution in [0.15, 0.2) is 35.0 Å². The number of aryl methyl sites for hydroxylation is 1. The summed E-state index contributed by atoms with van der Waals surface area (Å²) in [7, 11) is 0. The number of nitrogens with one attached hydrogen (secondary N) is 1. The summed E-state index contributed by atoms with van der Waals surface area (Å²) in [5.74, 6) is 2.99. The number of hydrogen-bond acceptors (Lipinski definition) is 8. The van der Waals surface area contributed by atoms with Crippen LogP contribution in [0.5, 0.6) is 0 Å². The molecule has 4 heterocycles. The molecule has 1 N–H and O–H groups in total. The monoisotopic (exact) mass is 352 g/mol. The molecule has 1 aliphatic heterocycles. The van der Waals surface area contributed by atoms with Crippen molar-refractivity contribution in [3.8, 4) is 11.5 Å². The van der Waals surface area contributed by atoms with E-state index in [0.29, 0.717) is 36.3 Å². The van der Waals surface area contributed by atoms with Crippen molar-refractivity contribution in [1.82, 2.24) is 25.1 Å². The molecule has 1 atom stereocenters. The number of rotatable bonds is 6. The van der Waals surface area contributed by atoms with E-state index in [0.717, 1.165) is 37.0 Å². The molecule has 134 valence electrons. The number of nitrogens with zero attached hydrogens (tertiary/aromatic N) is 5. The molecule has 26 heavy (non-hydrogen) atoms. The fourth-order valence-electron chi connectivity index (χ4n) is 2.91. The van der Waals surface area contributed by atoms with Gasteiger partial charge in [0.1, 0.15) is 17.3 Å². The summed E-state index contributed by atoms with van der Waals surface area (Å²) in [5, 5.41) is 7.29. The maximum absolute atomic E-state index is 5.46. The van der Waals surface area contributed by atoms with Gasteiger partial charge in [0, 0.05) is 37.8 Å². The van der Waals surface area contributed by atoms with Crippen molar-refractivity contribution < 1.29 is 9.26 Å². The second kappa shape index (κ2) is 7.57. The van der Waals surface area contributed by atoms with E-state index in [1.54, 1.807) is 6.20 Å². The predicted molar refractivity (Wildman–Crippen MR) is 94.7 cm³/mol. The van der Waals surface area contributed by atoms with Crippen LogP contribution < -0.4 is 5.32 Å². The standard InChI is InChI=1S/C18H20N6O2/c1-12-21-15(13-6-9-25-11-13)10-16(22-12)20-8-5-17-23-18(24-26-17)14-4-2-3-7-19-14/h2-4,7,10,13H,5-6,8-9,11H2,1H3,(H,20,21,22)/t13-/m0/s1. The molecule has 1 saturated heterocycles. The molecule has 0 saturated carbocycles. The zero-order chi connectivity index (χ0) is 17.8. The van der Waals surface area contributed by atoms with Gasteiger partial charge < -0.3 is 14.6 Å². The minimum absolute atomic E-state index is 0.356. The highest BCUT2D eigenvalue weighted by Gasteiger charge is 2.20. The van der Waals surface area contributed by atoms with Crippen LogP contribution >= 0.6 is 0 Å². The topological polar surface area (TPSA) is 98.9 Å². The summed E-state index contributed by atoms with van der Waals surface area (Å²) in [6, 6.07) is 7.60. The lowest BCUT2D eigenvalue weighted by Gasteiger charge is -2.11. The third kappa shape index (κ3) is 3.85. The van der Waals surface area contributed by atoms with Gasteiger partial charge in [-0.3, -0.25) is 4.98 Å². The molecule has 0 amide bonds. The van der Waals surface area contributed by atoms with Gasteiger partial charge in [-0.1, -0.05) is 11.2 Å². The first kappa shape index (κ1) is 16.6. The lowest BCUT2D eigenvalue weighted by Crippen LogP contribution is -2.10. The Hall–Kier alpha value is -2.87. The molecule has 3 aromatic rings. The second-order valence-corrected chi connectivity index (χ2v) is 6.19. The molecule has 3 aromatic heterocycles. The van der Waals surface area contributed by atoms with Crippen molar-refractivity contribution in [2.24, 2.45) is 0 Å². The van der Waals surface area contributed by atoms with Crippen molar-refractivity contribution in [3.63, 3.8) is 0 Å². The molecule has 8 heteroatoms. The Balaban J connectivity index is 1.37. The molecule has 0 aliphatic carbocycles. The third-order valence-corrected chi connectivity index (χ3v) is 4.21. The molecule has 0 unspecified atom stereocenters. The number of ether oxygens (including phenoxy) is 1. The smallest absolute Gasteiger partial charge is 0.228 e. The zero-order valence-electron chi connectivity index (χ0n) is 14.6. The molecular formula is C18H20N6O2. The van der Waals surface area contributed by atoms with E-state index >= 15 is 0 Å². The molecule has 0 bridgehead atoms. The van der Waals surface area contributed by atoms with Gasteiger partial charge in [-0.15, -0.1) is 0 Å². The van der Waals surface area contributed by atoms with Gasteiger partial charge in [-0.2, -0.15) is 4.98 Å². The fourth-order valence-corrected chi connectivity index (χ4v) is 2.91. The Bertz CT molecular complexity index is 861. The average Bonchev–Trinajstić information content (AvgIpc) is 3.34. The lowest BCUT2D eigenvalue weighted by atomic mass is 10.0. The van der Waals surface area contributed by atoms with Crippen LogP contribution in [-0.2, 0) is 11.2 Å². The van der Waals surface area contributed by atoms with Crippen molar-refractivity contribution in [3.05, 3.63) is 47.9 Å². The Morgan fingerprint density at radius 1 is 1.23 bits per heavy atom. The second-order valence-electron chi connectivity index (χ2n) is 6.19. The van der Waals surface area contributed by atoms with Gasteiger partial charge in [-0.05, 0) is 25.5 Å². The molecule has 1 aliphatic rings. The van der Waals surface area contributed by atoms with Crippen LogP contribution in [-0.4, -0.2) is 44.9 Å². The number of pyridine rings is 1. The molecular weight excluding hydrogens is 332 g/mol. The maximum Gasteiger partial charge on any atom is 0.228 e. The molecule has 0 spiro atoms. The quantitative estimate of drug-likeness (QED) is 0.722. The predicted octanol–water partition coefficient (Wildman–Crippen LogP) is 2.39. The minimum atomic E-state index is 0.356. The minimum Gasteiger partial charge on any atom is -0.381 e. The van der Waals surface area contributed by atoms with Crippen molar-refractivity contribution in [2.45, 2.75) is 25.7 Å². The van der Waals surface area contributed by atoms with Gasteiger partial charge in [-0.25, -0.2) is 9.97 Å². The molecule has 0 radical (unpaired) electrons. The van der Waals surface area contributed by atoms with Crippen molar-refractivity contribution >= 4 is 5.82 Å². The van der Waals surface area contributed by atoms with Gasteiger partial charge in [0.25, 0.3) is 0 Å². The number of hydrogen-bond donors (Lipinski definition) is 1. The zero-order valence-corrected chi connectivity index (χ0v) is 14.6. The highest BCUT2D eigenvalue weighted by molar-refractivity contribution is 5.47. The summed E-state index contributed by atoms with van der Waals surface area (Å²) in [5.41, 5.74) is 1.73. The van der Waals surface area contributed by atoms with Gasteiger partial charge in [0.05, 0.1) is 12.3 Å². The fraction of sp³-hybridized carbons (Fsp3) is 0.389. The Labute approximate surface area is 151 Å². The maximum atomic E-state index is 5.46. The number of anilines is 1. The van der Waals surface area contributed by atoms with E-state index in [2.05, 4.69) is 30.4 Å². The normalized spacial score (nSPS) is 16.7. The van der Waals surface area contributed by atoms with Gasteiger partial charge in [0.2, 0.25) is 11.7 Å². The van der Waals surface area contributed by atoms with Crippen LogP contribution in [0.1, 0.15) is 29.7 Å². The summed E-state index contributed by atoms with van der Waals surface area (Å²) in [4.78, 5) is 17.6. The summed E-state index contributed by atoms with van der Waals surface area (Å²) in [6.07, 6.45) is 3.32. The van der Waals surface area contributed by atoms with Crippen molar-refractivity contribution in [1.29, 1.82) is 0 Å². The van der Waals surface area contributed by atoms with Crippen LogP contribution in [0.3, 0.4) is 0 Å². The van der Waals surface area contributed by atoms with E-state index in [1.165, 1.54) is 0 Å². The highest BCUT2D eigenvalue weighted by atomic mass is 16.5. The Kier molecular flexibility index (Phi) is 4.83. The first-order valence-electron chi connectivity index (χ1n) is 8.69. The average molecular weight is 352 g/mol. The largest absolute Gasteiger partial charge is 0.381 e. The molecule has 0 aromatic carbocycles. The third-order valence-electron chi connectivity index (χ3n) is 4.21. The first-order valence-corrected chi connectivity index (χ1v) is 8.69. The van der Waals surface area contributed by atoms with E-state index in [1.807, 2.05) is 31.2 Å². The molecule has 1 fully saturated rings. The van der Waals surface area contributed by atoms with E-state index in [9.17, 15) is 0 Å². The number of aromatic nitrogens is 5. The molecule has 4 rings (SSSR count).